The minimum atomic E-state index is -4.65. The van der Waals surface area contributed by atoms with Gasteiger partial charge < -0.3 is 15.8 Å². The fourth-order valence-electron chi connectivity index (χ4n) is 1.51. The van der Waals surface area contributed by atoms with Crippen molar-refractivity contribution in [2.75, 3.05) is 20.3 Å². The molecule has 0 saturated heterocycles. The second-order valence-electron chi connectivity index (χ2n) is 4.05. The van der Waals surface area contributed by atoms with E-state index in [0.29, 0.717) is 18.2 Å². The topological polar surface area (TPSA) is 64.3 Å². The maximum absolute atomic E-state index is 13.5. The molecule has 1 amide bonds. The number of amides is 1. The van der Waals surface area contributed by atoms with Crippen molar-refractivity contribution in [3.63, 3.8) is 0 Å². The molecule has 1 atom stereocenters. The summed E-state index contributed by atoms with van der Waals surface area (Å²) in [5.74, 6) is -2.01. The molecule has 1 aromatic carbocycles. The number of hydrogen-bond acceptors (Lipinski definition) is 3. The van der Waals surface area contributed by atoms with Gasteiger partial charge in [-0.3, -0.25) is 4.79 Å². The molecule has 0 aliphatic rings. The van der Waals surface area contributed by atoms with Gasteiger partial charge in [0, 0.05) is 13.7 Å². The van der Waals surface area contributed by atoms with E-state index in [1.165, 1.54) is 7.11 Å². The van der Waals surface area contributed by atoms with Gasteiger partial charge in [-0.25, -0.2) is 4.39 Å². The lowest BCUT2D eigenvalue weighted by Crippen LogP contribution is -2.43. The Labute approximate surface area is 112 Å². The van der Waals surface area contributed by atoms with Crippen LogP contribution in [0.3, 0.4) is 0 Å². The first-order chi connectivity index (χ1) is 9.29. The van der Waals surface area contributed by atoms with Gasteiger partial charge in [-0.2, -0.15) is 13.2 Å². The molecule has 0 spiro atoms. The molecule has 20 heavy (non-hydrogen) atoms. The summed E-state index contributed by atoms with van der Waals surface area (Å²) >= 11 is 0. The van der Waals surface area contributed by atoms with Crippen LogP contribution in [0, 0.1) is 5.82 Å². The number of halogens is 4. The van der Waals surface area contributed by atoms with Crippen molar-refractivity contribution >= 4 is 5.91 Å². The first-order valence-corrected chi connectivity index (χ1v) is 5.66. The highest BCUT2D eigenvalue weighted by Gasteiger charge is 2.32. The Morgan fingerprint density at radius 2 is 2.10 bits per heavy atom. The van der Waals surface area contributed by atoms with Crippen molar-refractivity contribution < 1.29 is 27.1 Å². The van der Waals surface area contributed by atoms with E-state index in [1.807, 2.05) is 0 Å². The molecule has 0 fully saturated rings. The molecular formula is C12H14F4N2O2. The monoisotopic (exact) mass is 294 g/mol. The van der Waals surface area contributed by atoms with Gasteiger partial charge in [-0.15, -0.1) is 0 Å². The predicted molar refractivity (Wildman–Crippen MR) is 63.6 cm³/mol. The third-order valence-electron chi connectivity index (χ3n) is 2.53. The molecule has 8 heteroatoms. The van der Waals surface area contributed by atoms with Crippen LogP contribution in [-0.2, 0) is 10.9 Å². The van der Waals surface area contributed by atoms with Gasteiger partial charge >= 0.3 is 6.18 Å². The van der Waals surface area contributed by atoms with E-state index in [9.17, 15) is 22.4 Å². The van der Waals surface area contributed by atoms with Crippen LogP contribution in [0.4, 0.5) is 17.6 Å². The van der Waals surface area contributed by atoms with E-state index in [0.717, 1.165) is 0 Å². The van der Waals surface area contributed by atoms with Gasteiger partial charge in [0.05, 0.1) is 23.8 Å². The second kappa shape index (κ2) is 6.67. The van der Waals surface area contributed by atoms with Crippen molar-refractivity contribution in [2.45, 2.75) is 12.2 Å². The average molecular weight is 294 g/mol. The van der Waals surface area contributed by atoms with Gasteiger partial charge in [-0.05, 0) is 18.2 Å². The Kier molecular flexibility index (Phi) is 5.46. The summed E-state index contributed by atoms with van der Waals surface area (Å²) in [6.07, 6.45) is -4.65. The van der Waals surface area contributed by atoms with E-state index in [1.54, 1.807) is 0 Å². The fourth-order valence-corrected chi connectivity index (χ4v) is 1.51. The number of hydrogen-bond donors (Lipinski definition) is 2. The average Bonchev–Trinajstić information content (AvgIpc) is 2.37. The summed E-state index contributed by atoms with van der Waals surface area (Å²) in [6.45, 7) is 0.0863. The summed E-state index contributed by atoms with van der Waals surface area (Å²) < 4.78 is 55.8. The number of nitrogens with one attached hydrogen (secondary N) is 1. The first-order valence-electron chi connectivity index (χ1n) is 5.66. The molecule has 0 aliphatic heterocycles. The molecule has 1 unspecified atom stereocenters. The van der Waals surface area contributed by atoms with E-state index in [4.69, 9.17) is 10.5 Å². The molecule has 0 bridgehead atoms. The Bertz CT molecular complexity index is 477. The Morgan fingerprint density at radius 1 is 1.45 bits per heavy atom. The number of carbonyl (C=O) groups is 1. The Morgan fingerprint density at radius 3 is 2.60 bits per heavy atom. The lowest BCUT2D eigenvalue weighted by molar-refractivity contribution is -0.137. The van der Waals surface area contributed by atoms with Crippen molar-refractivity contribution in [3.05, 3.63) is 35.1 Å². The number of alkyl halides is 3. The van der Waals surface area contributed by atoms with Crippen molar-refractivity contribution in [3.8, 4) is 0 Å². The highest BCUT2D eigenvalue weighted by atomic mass is 19.4. The van der Waals surface area contributed by atoms with Crippen LogP contribution in [0.15, 0.2) is 18.2 Å². The van der Waals surface area contributed by atoms with Gasteiger partial charge in [0.2, 0.25) is 0 Å². The molecule has 0 heterocycles. The summed E-state index contributed by atoms with van der Waals surface area (Å²) in [6, 6.07) is 1.03. The number of rotatable bonds is 5. The maximum Gasteiger partial charge on any atom is 0.416 e. The second-order valence-corrected chi connectivity index (χ2v) is 4.05. The van der Waals surface area contributed by atoms with Crippen LogP contribution in [0.1, 0.15) is 15.9 Å². The zero-order valence-electron chi connectivity index (χ0n) is 10.6. The largest absolute Gasteiger partial charge is 0.416 e. The third kappa shape index (κ3) is 4.17. The maximum atomic E-state index is 13.5. The molecule has 3 N–H and O–H groups in total. The zero-order chi connectivity index (χ0) is 15.3. The fraction of sp³-hybridized carbons (Fsp3) is 0.417. The molecule has 0 aromatic heterocycles. The minimum absolute atomic E-state index is 0.0140. The molecule has 1 aromatic rings. The lowest BCUT2D eigenvalue weighted by Gasteiger charge is -2.16. The van der Waals surface area contributed by atoms with Crippen molar-refractivity contribution in [1.82, 2.24) is 5.32 Å². The van der Waals surface area contributed by atoms with Gasteiger partial charge in [0.25, 0.3) is 5.91 Å². The van der Waals surface area contributed by atoms with Gasteiger partial charge in [0.15, 0.2) is 0 Å². The number of ether oxygens (including phenoxy) is 1. The van der Waals surface area contributed by atoms with Crippen LogP contribution in [0.25, 0.3) is 0 Å². The molecular weight excluding hydrogens is 280 g/mol. The minimum Gasteiger partial charge on any atom is -0.383 e. The highest BCUT2D eigenvalue weighted by Crippen LogP contribution is 2.30. The van der Waals surface area contributed by atoms with Crippen LogP contribution in [0.5, 0.6) is 0 Å². The van der Waals surface area contributed by atoms with Crippen molar-refractivity contribution in [2.24, 2.45) is 5.73 Å². The van der Waals surface area contributed by atoms with E-state index < -0.39 is 35.1 Å². The van der Waals surface area contributed by atoms with Crippen LogP contribution < -0.4 is 11.1 Å². The summed E-state index contributed by atoms with van der Waals surface area (Å²) in [7, 11) is 1.37. The summed E-state index contributed by atoms with van der Waals surface area (Å²) in [4.78, 5) is 11.8. The molecule has 4 nitrogen and oxygen atoms in total. The lowest BCUT2D eigenvalue weighted by atomic mass is 10.1. The third-order valence-corrected chi connectivity index (χ3v) is 2.53. The van der Waals surface area contributed by atoms with Gasteiger partial charge in [0.1, 0.15) is 5.82 Å². The summed E-state index contributed by atoms with van der Waals surface area (Å²) in [5, 5.41) is 2.31. The predicted octanol–water partition coefficient (Wildman–Crippen LogP) is 1.55. The van der Waals surface area contributed by atoms with E-state index in [-0.39, 0.29) is 13.2 Å². The van der Waals surface area contributed by atoms with E-state index in [2.05, 4.69) is 5.32 Å². The SMILES string of the molecule is COCC(CN)NC(=O)c1cc(C(F)(F)F)ccc1F. The van der Waals surface area contributed by atoms with Crippen LogP contribution in [0.2, 0.25) is 0 Å². The molecule has 0 aliphatic carbocycles. The smallest absolute Gasteiger partial charge is 0.383 e. The first kappa shape index (κ1) is 16.4. The van der Waals surface area contributed by atoms with Crippen LogP contribution >= 0.6 is 0 Å². The quantitative estimate of drug-likeness (QED) is 0.810. The van der Waals surface area contributed by atoms with Crippen molar-refractivity contribution in [1.29, 1.82) is 0 Å². The summed E-state index contributed by atoms with van der Waals surface area (Å²) in [5.41, 5.74) is 3.57. The molecule has 112 valence electrons. The normalized spacial score (nSPS) is 13.1. The molecule has 1 rings (SSSR count). The number of methoxy groups -OCH3 is 1. The zero-order valence-corrected chi connectivity index (χ0v) is 10.6. The Hall–Kier alpha value is -1.67. The van der Waals surface area contributed by atoms with Gasteiger partial charge in [-0.1, -0.05) is 0 Å². The number of nitrogens with two attached hydrogens (primary N) is 1. The number of carbonyl (C=O) groups excluding carboxylic acids is 1. The number of benzene rings is 1. The molecule has 0 saturated carbocycles. The highest BCUT2D eigenvalue weighted by molar-refractivity contribution is 5.94. The Balaban J connectivity index is 2.97. The van der Waals surface area contributed by atoms with E-state index >= 15 is 0 Å². The molecule has 0 radical (unpaired) electrons. The van der Waals surface area contributed by atoms with Crippen LogP contribution in [-0.4, -0.2) is 32.2 Å². The standard InChI is InChI=1S/C12H14F4N2O2/c1-20-6-8(5-17)18-11(19)9-4-7(12(14,15)16)2-3-10(9)13/h2-4,8H,5-6,17H2,1H3,(H,18,19).